The van der Waals surface area contributed by atoms with Gasteiger partial charge in [-0.15, -0.1) is 0 Å². The largest absolute Gasteiger partial charge is 0.371 e. The average Bonchev–Trinajstić information content (AvgIpc) is 3.49. The van der Waals surface area contributed by atoms with Crippen molar-refractivity contribution in [2.45, 2.75) is 25.7 Å². The number of H-pyrrole nitrogens is 1. The summed E-state index contributed by atoms with van der Waals surface area (Å²) in [6.07, 6.45) is 4.05. The van der Waals surface area contributed by atoms with Crippen LogP contribution in [-0.4, -0.2) is 60.0 Å². The van der Waals surface area contributed by atoms with Crippen LogP contribution in [0.2, 0.25) is 0 Å². The van der Waals surface area contributed by atoms with Gasteiger partial charge in [0.25, 0.3) is 0 Å². The van der Waals surface area contributed by atoms with Gasteiger partial charge in [-0.2, -0.15) is 0 Å². The minimum atomic E-state index is -0.384. The van der Waals surface area contributed by atoms with E-state index in [0.29, 0.717) is 29.0 Å². The van der Waals surface area contributed by atoms with Crippen LogP contribution in [0.1, 0.15) is 25.7 Å². The van der Waals surface area contributed by atoms with Crippen molar-refractivity contribution in [1.29, 1.82) is 0 Å². The number of rotatable bonds is 6. The number of fused-ring (bicyclic) bond motifs is 1. The molecule has 0 unspecified atom stereocenters. The normalized spacial score (nSPS) is 17.7. The molecule has 2 aromatic carbocycles. The van der Waals surface area contributed by atoms with Crippen molar-refractivity contribution in [1.82, 2.24) is 20.2 Å². The first-order chi connectivity index (χ1) is 16.1. The summed E-state index contributed by atoms with van der Waals surface area (Å²) in [4.78, 5) is 24.6. The summed E-state index contributed by atoms with van der Waals surface area (Å²) in [5.74, 6) is -0.212. The fraction of sp³-hybridized carbons (Fsp3) is 0.440. The van der Waals surface area contributed by atoms with E-state index in [1.54, 1.807) is 18.2 Å². The lowest BCUT2D eigenvalue weighted by Crippen LogP contribution is -2.42. The van der Waals surface area contributed by atoms with Crippen LogP contribution in [-0.2, 0) is 4.79 Å². The molecule has 2 saturated heterocycles. The zero-order valence-corrected chi connectivity index (χ0v) is 18.6. The molecular formula is C25H29F2N5O. The van der Waals surface area contributed by atoms with Crippen LogP contribution in [0.3, 0.4) is 0 Å². The van der Waals surface area contributed by atoms with Crippen molar-refractivity contribution in [3.63, 3.8) is 0 Å². The Morgan fingerprint density at radius 3 is 2.64 bits per heavy atom. The fourth-order valence-electron chi connectivity index (χ4n) is 4.89. The molecule has 0 aliphatic carbocycles. The smallest absolute Gasteiger partial charge is 0.223 e. The van der Waals surface area contributed by atoms with E-state index in [1.165, 1.54) is 31.0 Å². The monoisotopic (exact) mass is 453 g/mol. The van der Waals surface area contributed by atoms with E-state index < -0.39 is 0 Å². The minimum absolute atomic E-state index is 0.0185. The quantitative estimate of drug-likeness (QED) is 0.594. The fourth-order valence-corrected chi connectivity index (χ4v) is 4.89. The zero-order chi connectivity index (χ0) is 22.8. The highest BCUT2D eigenvalue weighted by Gasteiger charge is 2.26. The molecule has 2 fully saturated rings. The van der Waals surface area contributed by atoms with E-state index in [-0.39, 0.29) is 23.5 Å². The van der Waals surface area contributed by atoms with E-state index in [0.717, 1.165) is 51.3 Å². The van der Waals surface area contributed by atoms with Crippen LogP contribution >= 0.6 is 0 Å². The van der Waals surface area contributed by atoms with Crippen molar-refractivity contribution in [2.24, 2.45) is 5.92 Å². The Bertz CT molecular complexity index is 1130. The first-order valence-electron chi connectivity index (χ1n) is 11.8. The Balaban J connectivity index is 1.21. The van der Waals surface area contributed by atoms with Gasteiger partial charge in [-0.1, -0.05) is 0 Å². The second-order valence-corrected chi connectivity index (χ2v) is 9.01. The number of nitrogens with one attached hydrogen (secondary N) is 2. The van der Waals surface area contributed by atoms with Crippen LogP contribution in [0.4, 0.5) is 14.5 Å². The maximum Gasteiger partial charge on any atom is 0.223 e. The number of anilines is 1. The van der Waals surface area contributed by atoms with E-state index in [1.807, 2.05) is 0 Å². The lowest BCUT2D eigenvalue weighted by atomic mass is 9.95. The van der Waals surface area contributed by atoms with Gasteiger partial charge in [0.15, 0.2) is 0 Å². The number of carbonyl (C=O) groups is 1. The Morgan fingerprint density at radius 2 is 1.85 bits per heavy atom. The molecule has 2 aliphatic heterocycles. The van der Waals surface area contributed by atoms with Crippen molar-refractivity contribution >= 4 is 22.6 Å². The number of piperidine rings is 1. The van der Waals surface area contributed by atoms with E-state index >= 15 is 0 Å². The molecule has 0 radical (unpaired) electrons. The number of nitrogens with zero attached hydrogens (tertiary/aromatic N) is 3. The van der Waals surface area contributed by atoms with Crippen LogP contribution in [0.25, 0.3) is 22.4 Å². The molecule has 0 spiro atoms. The Kier molecular flexibility index (Phi) is 6.26. The molecule has 174 valence electrons. The van der Waals surface area contributed by atoms with Crippen molar-refractivity contribution in [3.05, 3.63) is 48.0 Å². The predicted molar refractivity (Wildman–Crippen MR) is 125 cm³/mol. The Labute approximate surface area is 192 Å². The second kappa shape index (κ2) is 9.47. The average molecular weight is 454 g/mol. The first-order valence-corrected chi connectivity index (χ1v) is 11.8. The SMILES string of the molecule is O=C(NCCN1CCCC1)C1CCN(c2ccc(F)c(-c3nc4ccc(F)cc4[nH]3)c2)CC1. The lowest BCUT2D eigenvalue weighted by molar-refractivity contribution is -0.125. The highest BCUT2D eigenvalue weighted by Crippen LogP contribution is 2.30. The third kappa shape index (κ3) is 4.85. The molecule has 0 saturated carbocycles. The number of carbonyl (C=O) groups excluding carboxylic acids is 1. The highest BCUT2D eigenvalue weighted by atomic mass is 19.1. The number of halogens is 2. The van der Waals surface area contributed by atoms with E-state index in [9.17, 15) is 13.6 Å². The van der Waals surface area contributed by atoms with Gasteiger partial charge in [0, 0.05) is 37.8 Å². The molecular weight excluding hydrogens is 424 g/mol. The Morgan fingerprint density at radius 1 is 1.06 bits per heavy atom. The van der Waals surface area contributed by atoms with Crippen LogP contribution in [0.5, 0.6) is 0 Å². The number of hydrogen-bond acceptors (Lipinski definition) is 4. The molecule has 0 bridgehead atoms. The summed E-state index contributed by atoms with van der Waals surface area (Å²) in [5.41, 5.74) is 2.37. The van der Waals surface area contributed by atoms with Gasteiger partial charge in [0.1, 0.15) is 17.5 Å². The number of imidazole rings is 1. The summed E-state index contributed by atoms with van der Waals surface area (Å²) >= 11 is 0. The topological polar surface area (TPSA) is 64.3 Å². The number of amides is 1. The van der Waals surface area contributed by atoms with E-state index in [4.69, 9.17) is 0 Å². The van der Waals surface area contributed by atoms with Gasteiger partial charge < -0.3 is 20.1 Å². The van der Waals surface area contributed by atoms with Crippen molar-refractivity contribution in [2.75, 3.05) is 44.2 Å². The first kappa shape index (κ1) is 21.8. The van der Waals surface area contributed by atoms with Gasteiger partial charge in [0.2, 0.25) is 5.91 Å². The predicted octanol–water partition coefficient (Wildman–Crippen LogP) is 3.94. The molecule has 1 amide bonds. The highest BCUT2D eigenvalue weighted by molar-refractivity contribution is 5.80. The molecule has 2 N–H and O–H groups in total. The van der Waals surface area contributed by atoms with Gasteiger partial charge in [-0.05, 0) is 75.2 Å². The second-order valence-electron chi connectivity index (χ2n) is 9.01. The van der Waals surface area contributed by atoms with Crippen LogP contribution < -0.4 is 10.2 Å². The molecule has 2 aliphatic rings. The summed E-state index contributed by atoms with van der Waals surface area (Å²) in [6.45, 7) is 5.39. The molecule has 33 heavy (non-hydrogen) atoms. The third-order valence-corrected chi connectivity index (χ3v) is 6.81. The number of hydrogen-bond donors (Lipinski definition) is 2. The molecule has 3 aromatic rings. The van der Waals surface area contributed by atoms with Crippen molar-refractivity contribution < 1.29 is 13.6 Å². The number of aromatic amines is 1. The third-order valence-electron chi connectivity index (χ3n) is 6.81. The zero-order valence-electron chi connectivity index (χ0n) is 18.6. The Hall–Kier alpha value is -3.00. The molecule has 5 rings (SSSR count). The standard InChI is InChI=1S/C25H29F2N5O/c26-18-3-6-22-23(15-18)30-24(29-22)20-16-19(4-5-21(20)27)32-12-7-17(8-13-32)25(33)28-9-14-31-10-1-2-11-31/h3-6,15-17H,1-2,7-14H2,(H,28,33)(H,29,30). The van der Waals surface area contributed by atoms with Gasteiger partial charge in [0.05, 0.1) is 16.6 Å². The summed E-state index contributed by atoms with van der Waals surface area (Å²) < 4.78 is 28.1. The number of benzene rings is 2. The number of aromatic nitrogens is 2. The molecule has 6 nitrogen and oxygen atoms in total. The van der Waals surface area contributed by atoms with Gasteiger partial charge >= 0.3 is 0 Å². The molecule has 0 atom stereocenters. The molecule has 8 heteroatoms. The van der Waals surface area contributed by atoms with Crippen LogP contribution in [0.15, 0.2) is 36.4 Å². The van der Waals surface area contributed by atoms with Crippen LogP contribution in [0, 0.1) is 17.6 Å². The minimum Gasteiger partial charge on any atom is -0.371 e. The molecule has 3 heterocycles. The molecule has 1 aromatic heterocycles. The van der Waals surface area contributed by atoms with Gasteiger partial charge in [-0.3, -0.25) is 4.79 Å². The number of likely N-dealkylation sites (tertiary alicyclic amines) is 1. The summed E-state index contributed by atoms with van der Waals surface area (Å²) in [7, 11) is 0. The summed E-state index contributed by atoms with van der Waals surface area (Å²) in [5, 5.41) is 3.10. The van der Waals surface area contributed by atoms with Gasteiger partial charge in [-0.25, -0.2) is 13.8 Å². The lowest BCUT2D eigenvalue weighted by Gasteiger charge is -2.33. The maximum absolute atomic E-state index is 14.6. The van der Waals surface area contributed by atoms with Crippen molar-refractivity contribution in [3.8, 4) is 11.4 Å². The van der Waals surface area contributed by atoms with E-state index in [2.05, 4.69) is 25.1 Å². The maximum atomic E-state index is 14.6. The summed E-state index contributed by atoms with van der Waals surface area (Å²) in [6, 6.07) is 9.25.